The Morgan fingerprint density at radius 1 is 1.09 bits per heavy atom. The number of methoxy groups -OCH3 is 2. The highest BCUT2D eigenvalue weighted by Crippen LogP contribution is 2.38. The fourth-order valence-electron chi connectivity index (χ4n) is 4.28. The van der Waals surface area contributed by atoms with Crippen LogP contribution in [0.5, 0.6) is 11.5 Å². The van der Waals surface area contributed by atoms with Crippen LogP contribution in [0.1, 0.15) is 33.1 Å². The second-order valence-corrected chi connectivity index (χ2v) is 8.33. The molecule has 0 saturated heterocycles. The Balaban J connectivity index is 1.65. The van der Waals surface area contributed by atoms with E-state index in [9.17, 15) is 9.18 Å². The minimum Gasteiger partial charge on any atom is -0.493 e. The summed E-state index contributed by atoms with van der Waals surface area (Å²) in [5, 5.41) is 3.41. The summed E-state index contributed by atoms with van der Waals surface area (Å²) in [5.41, 5.74) is 3.18. The van der Waals surface area contributed by atoms with E-state index in [-0.39, 0.29) is 17.8 Å². The largest absolute Gasteiger partial charge is 0.493 e. The Morgan fingerprint density at radius 2 is 1.79 bits per heavy atom. The zero-order chi connectivity index (χ0) is 23.4. The van der Waals surface area contributed by atoms with Gasteiger partial charge in [-0.05, 0) is 47.9 Å². The van der Waals surface area contributed by atoms with E-state index in [4.69, 9.17) is 21.1 Å². The van der Waals surface area contributed by atoms with Gasteiger partial charge in [-0.25, -0.2) is 4.39 Å². The molecule has 3 aromatic rings. The number of fused-ring (bicyclic) bond motifs is 1. The molecule has 33 heavy (non-hydrogen) atoms. The third kappa shape index (κ3) is 4.97. The summed E-state index contributed by atoms with van der Waals surface area (Å²) >= 11 is 6.20. The molecule has 0 bridgehead atoms. The molecule has 0 saturated carbocycles. The Hall–Kier alpha value is -3.09. The number of benzene rings is 3. The first kappa shape index (κ1) is 23.1. The first-order valence-electron chi connectivity index (χ1n) is 10.8. The number of carbonyl (C=O) groups is 1. The van der Waals surface area contributed by atoms with Crippen LogP contribution in [0.25, 0.3) is 0 Å². The molecule has 0 aromatic heterocycles. The molecule has 0 spiro atoms. The monoisotopic (exact) mass is 468 g/mol. The van der Waals surface area contributed by atoms with E-state index in [1.165, 1.54) is 6.07 Å². The Kier molecular flexibility index (Phi) is 7.16. The van der Waals surface area contributed by atoms with E-state index in [2.05, 4.69) is 10.2 Å². The van der Waals surface area contributed by atoms with Gasteiger partial charge in [-0.3, -0.25) is 9.69 Å². The number of ether oxygens (including phenoxy) is 2. The van der Waals surface area contributed by atoms with E-state index in [1.807, 2.05) is 18.2 Å². The van der Waals surface area contributed by atoms with Crippen molar-refractivity contribution in [1.29, 1.82) is 0 Å². The van der Waals surface area contributed by atoms with Gasteiger partial charge in [0.1, 0.15) is 5.82 Å². The molecule has 3 aromatic carbocycles. The minimum absolute atomic E-state index is 0.181. The molecule has 0 radical (unpaired) electrons. The number of nitrogens with one attached hydrogen (secondary N) is 1. The average molecular weight is 469 g/mol. The first-order valence-corrected chi connectivity index (χ1v) is 11.1. The molecule has 172 valence electrons. The lowest BCUT2D eigenvalue weighted by molar-refractivity contribution is 0.0925. The molecule has 0 fully saturated rings. The van der Waals surface area contributed by atoms with Crippen LogP contribution < -0.4 is 14.8 Å². The maximum atomic E-state index is 14.4. The topological polar surface area (TPSA) is 50.8 Å². The summed E-state index contributed by atoms with van der Waals surface area (Å²) in [6.45, 7) is 1.47. The summed E-state index contributed by atoms with van der Waals surface area (Å²) in [6.07, 6.45) is 0.777. The summed E-state index contributed by atoms with van der Waals surface area (Å²) in [5.74, 6) is 0.789. The zero-order valence-electron chi connectivity index (χ0n) is 18.6. The standard InChI is InChI=1S/C26H26ClFN2O3/c1-32-24-13-17-11-12-30(16-18-7-3-6-10-22(18)28)23(20(17)14-25(24)33-2)15-29-26(31)19-8-4-5-9-21(19)27/h3-10,13-14,23H,11-12,15-16H2,1-2H3,(H,29,31). The van der Waals surface area contributed by atoms with Crippen LogP contribution in [0.4, 0.5) is 4.39 Å². The maximum Gasteiger partial charge on any atom is 0.252 e. The quantitative estimate of drug-likeness (QED) is 0.528. The van der Waals surface area contributed by atoms with Crippen LogP contribution in [0, 0.1) is 5.82 Å². The predicted octanol–water partition coefficient (Wildman–Crippen LogP) is 5.03. The lowest BCUT2D eigenvalue weighted by Gasteiger charge is -2.38. The first-order chi connectivity index (χ1) is 16.0. The van der Waals surface area contributed by atoms with Crippen molar-refractivity contribution in [3.05, 3.63) is 93.8 Å². The molecule has 1 aliphatic heterocycles. The molecule has 5 nitrogen and oxygen atoms in total. The maximum absolute atomic E-state index is 14.4. The molecule has 4 rings (SSSR count). The minimum atomic E-state index is -0.251. The van der Waals surface area contributed by atoms with Gasteiger partial charge >= 0.3 is 0 Å². The summed E-state index contributed by atoms with van der Waals surface area (Å²) < 4.78 is 25.4. The third-order valence-electron chi connectivity index (χ3n) is 6.02. The third-order valence-corrected chi connectivity index (χ3v) is 6.35. The van der Waals surface area contributed by atoms with Gasteiger partial charge < -0.3 is 14.8 Å². The predicted molar refractivity (Wildman–Crippen MR) is 127 cm³/mol. The van der Waals surface area contributed by atoms with Gasteiger partial charge in [-0.2, -0.15) is 0 Å². The van der Waals surface area contributed by atoms with Crippen LogP contribution in [-0.4, -0.2) is 38.1 Å². The van der Waals surface area contributed by atoms with Crippen molar-refractivity contribution in [2.24, 2.45) is 0 Å². The molecule has 1 N–H and O–H groups in total. The molecule has 1 heterocycles. The summed E-state index contributed by atoms with van der Waals surface area (Å²) in [7, 11) is 3.21. The zero-order valence-corrected chi connectivity index (χ0v) is 19.4. The lowest BCUT2D eigenvalue weighted by atomic mass is 9.91. The van der Waals surface area contributed by atoms with Crippen LogP contribution >= 0.6 is 11.6 Å². The van der Waals surface area contributed by atoms with Gasteiger partial charge in [0, 0.05) is 25.2 Å². The van der Waals surface area contributed by atoms with Crippen molar-refractivity contribution < 1.29 is 18.7 Å². The summed E-state index contributed by atoms with van der Waals surface area (Å²) in [4.78, 5) is 15.0. The smallest absolute Gasteiger partial charge is 0.252 e. The second kappa shape index (κ2) is 10.2. The van der Waals surface area contributed by atoms with Crippen molar-refractivity contribution in [2.75, 3.05) is 27.3 Å². The van der Waals surface area contributed by atoms with Crippen molar-refractivity contribution in [1.82, 2.24) is 10.2 Å². The van der Waals surface area contributed by atoms with E-state index >= 15 is 0 Å². The van der Waals surface area contributed by atoms with Crippen LogP contribution in [0.2, 0.25) is 5.02 Å². The van der Waals surface area contributed by atoms with E-state index in [0.29, 0.717) is 47.3 Å². The Bertz CT molecular complexity index is 1150. The molecular formula is C26H26ClFN2O3. The van der Waals surface area contributed by atoms with Gasteiger partial charge in [-0.1, -0.05) is 41.9 Å². The van der Waals surface area contributed by atoms with E-state index in [1.54, 1.807) is 50.6 Å². The van der Waals surface area contributed by atoms with Gasteiger partial charge in [0.05, 0.1) is 30.8 Å². The van der Waals surface area contributed by atoms with Crippen molar-refractivity contribution in [3.8, 4) is 11.5 Å². The van der Waals surface area contributed by atoms with Crippen molar-refractivity contribution >= 4 is 17.5 Å². The Morgan fingerprint density at radius 3 is 2.52 bits per heavy atom. The Labute approximate surface area is 198 Å². The van der Waals surface area contributed by atoms with Gasteiger partial charge in [0.15, 0.2) is 11.5 Å². The SMILES string of the molecule is COc1cc2c(cc1OC)C(CNC(=O)c1ccccc1Cl)N(Cc1ccccc1F)CC2. The highest BCUT2D eigenvalue weighted by atomic mass is 35.5. The second-order valence-electron chi connectivity index (χ2n) is 7.92. The average Bonchev–Trinajstić information content (AvgIpc) is 2.83. The fraction of sp³-hybridized carbons (Fsp3) is 0.269. The number of hydrogen-bond donors (Lipinski definition) is 1. The van der Waals surface area contributed by atoms with Gasteiger partial charge in [-0.15, -0.1) is 0 Å². The van der Waals surface area contributed by atoms with Gasteiger partial charge in [0.2, 0.25) is 0 Å². The van der Waals surface area contributed by atoms with Gasteiger partial charge in [0.25, 0.3) is 5.91 Å². The number of halogens is 2. The highest BCUT2D eigenvalue weighted by molar-refractivity contribution is 6.33. The molecule has 1 amide bonds. The molecule has 7 heteroatoms. The fourth-order valence-corrected chi connectivity index (χ4v) is 4.51. The molecule has 1 aliphatic rings. The number of nitrogens with zero attached hydrogens (tertiary/aromatic N) is 1. The number of carbonyl (C=O) groups excluding carboxylic acids is 1. The van der Waals surface area contributed by atoms with E-state index in [0.717, 1.165) is 17.5 Å². The summed E-state index contributed by atoms with van der Waals surface area (Å²) in [6, 6.07) is 17.5. The molecule has 1 atom stereocenters. The number of rotatable bonds is 7. The van der Waals surface area contributed by atoms with Crippen LogP contribution in [0.3, 0.4) is 0 Å². The van der Waals surface area contributed by atoms with Crippen molar-refractivity contribution in [2.45, 2.75) is 19.0 Å². The van der Waals surface area contributed by atoms with Crippen LogP contribution in [0.15, 0.2) is 60.7 Å². The molecular weight excluding hydrogens is 443 g/mol. The number of hydrogen-bond acceptors (Lipinski definition) is 4. The lowest BCUT2D eigenvalue weighted by Crippen LogP contribution is -2.42. The normalized spacial score (nSPS) is 15.6. The van der Waals surface area contributed by atoms with Crippen molar-refractivity contribution in [3.63, 3.8) is 0 Å². The highest BCUT2D eigenvalue weighted by Gasteiger charge is 2.30. The molecule has 0 aliphatic carbocycles. The molecule has 1 unspecified atom stereocenters. The number of amides is 1. The van der Waals surface area contributed by atoms with Crippen LogP contribution in [-0.2, 0) is 13.0 Å². The van der Waals surface area contributed by atoms with E-state index < -0.39 is 0 Å².